The van der Waals surface area contributed by atoms with Gasteiger partial charge in [-0.1, -0.05) is 26.0 Å². The van der Waals surface area contributed by atoms with Gasteiger partial charge in [-0.15, -0.1) is 13.2 Å². The molecule has 0 aromatic heterocycles. The normalized spacial score (nSPS) is 25.6. The second-order valence-electron chi connectivity index (χ2n) is 6.84. The fourth-order valence-electron chi connectivity index (χ4n) is 3.51. The second-order valence-corrected chi connectivity index (χ2v) is 6.84. The highest BCUT2D eigenvalue weighted by Crippen LogP contribution is 2.40. The molecule has 5 heteroatoms. The molecule has 0 heterocycles. The summed E-state index contributed by atoms with van der Waals surface area (Å²) in [6, 6.07) is 6.22. The summed E-state index contributed by atoms with van der Waals surface area (Å²) < 4.78 is 46.8. The zero-order chi connectivity index (χ0) is 17.1. The molecule has 1 aliphatic rings. The summed E-state index contributed by atoms with van der Waals surface area (Å²) in [6.07, 6.45) is 0.0398. The Labute approximate surface area is 136 Å². The molecule has 1 aromatic carbocycles. The first-order valence-corrected chi connectivity index (χ1v) is 8.13. The van der Waals surface area contributed by atoms with Crippen LogP contribution >= 0.6 is 0 Å². The molecule has 1 saturated carbocycles. The van der Waals surface area contributed by atoms with Crippen LogP contribution in [0.1, 0.15) is 45.1 Å². The van der Waals surface area contributed by atoms with E-state index in [1.807, 2.05) is 6.07 Å². The molecule has 0 spiro atoms. The van der Waals surface area contributed by atoms with Crippen LogP contribution in [0.25, 0.3) is 0 Å². The summed E-state index contributed by atoms with van der Waals surface area (Å²) in [6.45, 7) is 4.48. The number of benzene rings is 1. The summed E-state index contributed by atoms with van der Waals surface area (Å²) in [5.74, 6) is 1.20. The van der Waals surface area contributed by atoms with Gasteiger partial charge in [-0.3, -0.25) is 0 Å². The molecule has 0 amide bonds. The van der Waals surface area contributed by atoms with Crippen molar-refractivity contribution in [2.45, 2.75) is 57.9 Å². The average Bonchev–Trinajstić information content (AvgIpc) is 2.46. The van der Waals surface area contributed by atoms with Gasteiger partial charge in [-0.05, 0) is 55.2 Å². The Bertz CT molecular complexity index is 503. The smallest absolute Gasteiger partial charge is 0.406 e. The molecule has 2 nitrogen and oxygen atoms in total. The average molecular weight is 330 g/mol. The number of methoxy groups -OCH3 is 1. The maximum atomic E-state index is 12.3. The van der Waals surface area contributed by atoms with E-state index in [2.05, 4.69) is 18.6 Å². The predicted molar refractivity (Wildman–Crippen MR) is 83.4 cm³/mol. The molecule has 23 heavy (non-hydrogen) atoms. The summed E-state index contributed by atoms with van der Waals surface area (Å²) in [4.78, 5) is 0. The molecule has 0 bridgehead atoms. The second kappa shape index (κ2) is 7.12. The van der Waals surface area contributed by atoms with E-state index in [0.717, 1.165) is 31.2 Å². The quantitative estimate of drug-likeness (QED) is 0.723. The number of hydrogen-bond acceptors (Lipinski definition) is 2. The van der Waals surface area contributed by atoms with Crippen LogP contribution in [0, 0.1) is 11.8 Å². The van der Waals surface area contributed by atoms with Crippen molar-refractivity contribution < 1.29 is 22.6 Å². The third kappa shape index (κ3) is 5.13. The molecule has 1 fully saturated rings. The molecule has 130 valence electrons. The van der Waals surface area contributed by atoms with Crippen molar-refractivity contribution >= 4 is 0 Å². The fraction of sp³-hybridized carbons (Fsp3) is 0.667. The number of halogens is 3. The van der Waals surface area contributed by atoms with E-state index in [1.165, 1.54) is 12.1 Å². The third-order valence-corrected chi connectivity index (χ3v) is 4.98. The van der Waals surface area contributed by atoms with E-state index in [-0.39, 0.29) is 11.4 Å². The zero-order valence-corrected chi connectivity index (χ0v) is 14.0. The number of rotatable bonds is 5. The molecular formula is C18H25F3O2. The molecular weight excluding hydrogens is 305 g/mol. The lowest BCUT2D eigenvalue weighted by Crippen LogP contribution is -2.39. The first-order chi connectivity index (χ1) is 10.7. The number of alkyl halides is 3. The van der Waals surface area contributed by atoms with Crippen molar-refractivity contribution in [3.8, 4) is 5.75 Å². The largest absolute Gasteiger partial charge is 0.573 e. The Balaban J connectivity index is 2.06. The highest BCUT2D eigenvalue weighted by atomic mass is 19.4. The summed E-state index contributed by atoms with van der Waals surface area (Å²) in [7, 11) is 1.70. The van der Waals surface area contributed by atoms with Gasteiger partial charge < -0.3 is 9.47 Å². The van der Waals surface area contributed by atoms with Crippen LogP contribution in [0.3, 0.4) is 0 Å². The van der Waals surface area contributed by atoms with Gasteiger partial charge in [-0.25, -0.2) is 0 Å². The van der Waals surface area contributed by atoms with Crippen LogP contribution in [0.4, 0.5) is 13.2 Å². The molecule has 2 rings (SSSR count). The Kier molecular flexibility index (Phi) is 5.61. The highest BCUT2D eigenvalue weighted by molar-refractivity contribution is 5.30. The van der Waals surface area contributed by atoms with Crippen LogP contribution in [0.2, 0.25) is 0 Å². The van der Waals surface area contributed by atoms with Gasteiger partial charge in [0.2, 0.25) is 0 Å². The van der Waals surface area contributed by atoms with Gasteiger partial charge >= 0.3 is 6.36 Å². The lowest BCUT2D eigenvalue weighted by atomic mass is 9.72. The van der Waals surface area contributed by atoms with Gasteiger partial charge in [0.15, 0.2) is 0 Å². The summed E-state index contributed by atoms with van der Waals surface area (Å²) in [5.41, 5.74) is 0.541. The van der Waals surface area contributed by atoms with Crippen molar-refractivity contribution in [1.82, 2.24) is 0 Å². The summed E-state index contributed by atoms with van der Waals surface area (Å²) in [5, 5.41) is 0. The Morgan fingerprint density at radius 1 is 1.22 bits per heavy atom. The van der Waals surface area contributed by atoms with Crippen LogP contribution in [0.5, 0.6) is 5.75 Å². The van der Waals surface area contributed by atoms with E-state index < -0.39 is 6.36 Å². The van der Waals surface area contributed by atoms with Crippen molar-refractivity contribution in [2.75, 3.05) is 7.11 Å². The monoisotopic (exact) mass is 330 g/mol. The minimum atomic E-state index is -4.66. The minimum Gasteiger partial charge on any atom is -0.406 e. The van der Waals surface area contributed by atoms with Crippen LogP contribution < -0.4 is 4.74 Å². The van der Waals surface area contributed by atoms with Crippen molar-refractivity contribution in [3.63, 3.8) is 0 Å². The minimum absolute atomic E-state index is 0.169. The highest BCUT2D eigenvalue weighted by Gasteiger charge is 2.36. The Morgan fingerprint density at radius 2 is 1.87 bits per heavy atom. The maximum Gasteiger partial charge on any atom is 0.573 e. The van der Waals surface area contributed by atoms with E-state index in [9.17, 15) is 13.2 Å². The third-order valence-electron chi connectivity index (χ3n) is 4.98. The first-order valence-electron chi connectivity index (χ1n) is 8.13. The lowest BCUT2D eigenvalue weighted by molar-refractivity contribution is -0.274. The van der Waals surface area contributed by atoms with E-state index in [0.29, 0.717) is 18.3 Å². The summed E-state index contributed by atoms with van der Waals surface area (Å²) >= 11 is 0. The van der Waals surface area contributed by atoms with E-state index >= 15 is 0 Å². The van der Waals surface area contributed by atoms with Gasteiger partial charge in [0.1, 0.15) is 5.75 Å². The number of ether oxygens (including phenoxy) is 2. The van der Waals surface area contributed by atoms with Crippen LogP contribution in [0.15, 0.2) is 24.3 Å². The van der Waals surface area contributed by atoms with Gasteiger partial charge in [0.05, 0.1) is 5.60 Å². The fourth-order valence-corrected chi connectivity index (χ4v) is 3.51. The molecule has 0 saturated heterocycles. The van der Waals surface area contributed by atoms with E-state index in [1.54, 1.807) is 13.2 Å². The molecule has 0 atom stereocenters. The van der Waals surface area contributed by atoms with Crippen LogP contribution in [-0.4, -0.2) is 19.1 Å². The van der Waals surface area contributed by atoms with Gasteiger partial charge in [0, 0.05) is 13.5 Å². The van der Waals surface area contributed by atoms with E-state index in [4.69, 9.17) is 4.74 Å². The first kappa shape index (κ1) is 18.1. The molecule has 1 aliphatic carbocycles. The standard InChI is InChI=1S/C18H25F3O2/c1-13(2)15-7-9-17(22-3,10-8-15)12-14-5-4-6-16(11-14)23-18(19,20)21/h4-6,11,13,15H,7-10,12H2,1-3H3. The molecule has 0 radical (unpaired) electrons. The number of hydrogen-bond donors (Lipinski definition) is 0. The predicted octanol–water partition coefficient (Wildman–Crippen LogP) is 5.36. The van der Waals surface area contributed by atoms with Gasteiger partial charge in [0.25, 0.3) is 0 Å². The maximum absolute atomic E-state index is 12.3. The molecule has 0 N–H and O–H groups in total. The van der Waals surface area contributed by atoms with Crippen molar-refractivity contribution in [1.29, 1.82) is 0 Å². The topological polar surface area (TPSA) is 18.5 Å². The van der Waals surface area contributed by atoms with Crippen molar-refractivity contribution in [2.24, 2.45) is 11.8 Å². The Hall–Kier alpha value is -1.23. The van der Waals surface area contributed by atoms with Crippen molar-refractivity contribution in [3.05, 3.63) is 29.8 Å². The molecule has 0 aliphatic heterocycles. The zero-order valence-electron chi connectivity index (χ0n) is 14.0. The molecule has 1 aromatic rings. The van der Waals surface area contributed by atoms with Gasteiger partial charge in [-0.2, -0.15) is 0 Å². The SMILES string of the molecule is COC1(Cc2cccc(OC(F)(F)F)c2)CCC(C(C)C)CC1. The van der Waals surface area contributed by atoms with Crippen LogP contribution in [-0.2, 0) is 11.2 Å². The Morgan fingerprint density at radius 3 is 2.39 bits per heavy atom. The lowest BCUT2D eigenvalue weighted by Gasteiger charge is -2.40. The molecule has 0 unspecified atom stereocenters.